The molecular formula is C14H23N3. The summed E-state index contributed by atoms with van der Waals surface area (Å²) in [7, 11) is 0. The zero-order valence-corrected chi connectivity index (χ0v) is 11.0. The fourth-order valence-electron chi connectivity index (χ4n) is 1.88. The van der Waals surface area contributed by atoms with E-state index in [0.29, 0.717) is 6.04 Å². The summed E-state index contributed by atoms with van der Waals surface area (Å²) in [6.07, 6.45) is 1.16. The van der Waals surface area contributed by atoms with Crippen molar-refractivity contribution in [3.05, 3.63) is 35.4 Å². The summed E-state index contributed by atoms with van der Waals surface area (Å²) in [5.41, 5.74) is 7.53. The van der Waals surface area contributed by atoms with Crippen LogP contribution in [0.4, 0.5) is 0 Å². The lowest BCUT2D eigenvalue weighted by Crippen LogP contribution is -2.31. The molecular weight excluding hydrogens is 210 g/mol. The van der Waals surface area contributed by atoms with Gasteiger partial charge >= 0.3 is 0 Å². The Hall–Kier alpha value is -1.35. The molecule has 1 aromatic carbocycles. The third kappa shape index (κ3) is 4.19. The van der Waals surface area contributed by atoms with E-state index < -0.39 is 0 Å². The van der Waals surface area contributed by atoms with Crippen molar-refractivity contribution in [2.24, 2.45) is 5.73 Å². The first-order valence-corrected chi connectivity index (χ1v) is 6.22. The molecule has 1 rings (SSSR count). The molecule has 0 aliphatic heterocycles. The number of nitrogens with one attached hydrogen (secondary N) is 1. The zero-order valence-electron chi connectivity index (χ0n) is 11.0. The van der Waals surface area contributed by atoms with E-state index in [1.54, 1.807) is 0 Å². The standard InChI is InChI=1S/C14H23N3/c1-4-8-17(11(2)3)10-12-6-5-7-13(9-12)14(15)16/h5-7,9,11H,4,8,10H2,1-3H3,(H3,15,16). The summed E-state index contributed by atoms with van der Waals surface area (Å²) >= 11 is 0. The van der Waals surface area contributed by atoms with Gasteiger partial charge in [0.1, 0.15) is 5.84 Å². The third-order valence-corrected chi connectivity index (χ3v) is 2.86. The van der Waals surface area contributed by atoms with Gasteiger partial charge in [-0.2, -0.15) is 0 Å². The fraction of sp³-hybridized carbons (Fsp3) is 0.500. The molecule has 3 N–H and O–H groups in total. The highest BCUT2D eigenvalue weighted by Gasteiger charge is 2.09. The lowest BCUT2D eigenvalue weighted by atomic mass is 10.1. The summed E-state index contributed by atoms with van der Waals surface area (Å²) in [4.78, 5) is 2.43. The van der Waals surface area contributed by atoms with Gasteiger partial charge in [0.25, 0.3) is 0 Å². The van der Waals surface area contributed by atoms with Crippen molar-refractivity contribution in [1.29, 1.82) is 5.41 Å². The van der Waals surface area contributed by atoms with E-state index in [0.717, 1.165) is 25.1 Å². The van der Waals surface area contributed by atoms with Gasteiger partial charge in [0.2, 0.25) is 0 Å². The highest BCUT2D eigenvalue weighted by Crippen LogP contribution is 2.11. The predicted molar refractivity (Wildman–Crippen MR) is 73.3 cm³/mol. The Balaban J connectivity index is 2.78. The molecule has 0 saturated carbocycles. The maximum Gasteiger partial charge on any atom is 0.122 e. The molecule has 0 bridgehead atoms. The van der Waals surface area contributed by atoms with Crippen molar-refractivity contribution in [1.82, 2.24) is 4.90 Å². The molecule has 0 atom stereocenters. The minimum Gasteiger partial charge on any atom is -0.384 e. The summed E-state index contributed by atoms with van der Waals surface area (Å²) in [6, 6.07) is 8.49. The minimum absolute atomic E-state index is 0.137. The van der Waals surface area contributed by atoms with Gasteiger partial charge in [-0.25, -0.2) is 0 Å². The van der Waals surface area contributed by atoms with Crippen LogP contribution in [0.15, 0.2) is 24.3 Å². The van der Waals surface area contributed by atoms with Gasteiger partial charge in [0.15, 0.2) is 0 Å². The molecule has 3 heteroatoms. The van der Waals surface area contributed by atoms with Crippen LogP contribution >= 0.6 is 0 Å². The van der Waals surface area contributed by atoms with Crippen molar-refractivity contribution < 1.29 is 0 Å². The van der Waals surface area contributed by atoms with Crippen molar-refractivity contribution in [3.63, 3.8) is 0 Å². The van der Waals surface area contributed by atoms with E-state index in [9.17, 15) is 0 Å². The first-order valence-electron chi connectivity index (χ1n) is 6.22. The number of hydrogen-bond acceptors (Lipinski definition) is 2. The predicted octanol–water partition coefficient (Wildman–Crippen LogP) is 2.59. The van der Waals surface area contributed by atoms with E-state index in [2.05, 4.69) is 31.7 Å². The maximum atomic E-state index is 7.44. The molecule has 0 amide bonds. The monoisotopic (exact) mass is 233 g/mol. The Bertz CT molecular complexity index is 371. The van der Waals surface area contributed by atoms with Crippen LogP contribution in [0, 0.1) is 5.41 Å². The van der Waals surface area contributed by atoms with Crippen LogP contribution in [0.2, 0.25) is 0 Å². The SMILES string of the molecule is CCCN(Cc1cccc(C(=N)N)c1)C(C)C. The molecule has 94 valence electrons. The van der Waals surface area contributed by atoms with Crippen molar-refractivity contribution in [2.75, 3.05) is 6.54 Å². The lowest BCUT2D eigenvalue weighted by Gasteiger charge is -2.26. The molecule has 17 heavy (non-hydrogen) atoms. The van der Waals surface area contributed by atoms with Gasteiger partial charge in [-0.15, -0.1) is 0 Å². The number of nitrogens with zero attached hydrogens (tertiary/aromatic N) is 1. The van der Waals surface area contributed by atoms with E-state index >= 15 is 0 Å². The summed E-state index contributed by atoms with van der Waals surface area (Å²) in [5.74, 6) is 0.137. The molecule has 0 saturated heterocycles. The highest BCUT2D eigenvalue weighted by molar-refractivity contribution is 5.95. The molecule has 3 nitrogen and oxygen atoms in total. The van der Waals surface area contributed by atoms with E-state index in [-0.39, 0.29) is 5.84 Å². The lowest BCUT2D eigenvalue weighted by molar-refractivity contribution is 0.213. The van der Waals surface area contributed by atoms with Crippen molar-refractivity contribution in [2.45, 2.75) is 39.8 Å². The largest absolute Gasteiger partial charge is 0.384 e. The van der Waals surface area contributed by atoms with Gasteiger partial charge in [-0.1, -0.05) is 25.1 Å². The van der Waals surface area contributed by atoms with Gasteiger partial charge in [-0.3, -0.25) is 10.3 Å². The number of benzene rings is 1. The molecule has 0 aromatic heterocycles. The number of nitrogens with two attached hydrogens (primary N) is 1. The number of amidine groups is 1. The minimum atomic E-state index is 0.137. The Labute approximate surface area is 104 Å². The van der Waals surface area contributed by atoms with Gasteiger partial charge in [0, 0.05) is 18.2 Å². The van der Waals surface area contributed by atoms with Crippen molar-refractivity contribution >= 4 is 5.84 Å². The van der Waals surface area contributed by atoms with Crippen LogP contribution in [0.25, 0.3) is 0 Å². The second-order valence-electron chi connectivity index (χ2n) is 4.68. The van der Waals surface area contributed by atoms with Crippen LogP contribution in [-0.2, 0) is 6.54 Å². The molecule has 0 radical (unpaired) electrons. The third-order valence-electron chi connectivity index (χ3n) is 2.86. The van der Waals surface area contributed by atoms with E-state index in [1.165, 1.54) is 5.56 Å². The van der Waals surface area contributed by atoms with Gasteiger partial charge in [-0.05, 0) is 38.4 Å². The van der Waals surface area contributed by atoms with Crippen LogP contribution in [0.3, 0.4) is 0 Å². The normalized spacial score (nSPS) is 11.1. The first-order chi connectivity index (χ1) is 8.04. The quantitative estimate of drug-likeness (QED) is 0.586. The van der Waals surface area contributed by atoms with Gasteiger partial charge in [0.05, 0.1) is 0 Å². The number of rotatable bonds is 6. The fourth-order valence-corrected chi connectivity index (χ4v) is 1.88. The van der Waals surface area contributed by atoms with Crippen LogP contribution in [-0.4, -0.2) is 23.3 Å². The molecule has 0 aliphatic rings. The molecule has 0 unspecified atom stereocenters. The number of nitrogen functional groups attached to an aromatic ring is 1. The Kier molecular flexibility index (Phi) is 5.16. The molecule has 0 spiro atoms. The molecule has 0 heterocycles. The summed E-state index contributed by atoms with van der Waals surface area (Å²) in [5, 5.41) is 7.44. The maximum absolute atomic E-state index is 7.44. The molecule has 0 aliphatic carbocycles. The second kappa shape index (κ2) is 6.40. The Morgan fingerprint density at radius 3 is 2.65 bits per heavy atom. The molecule has 0 fully saturated rings. The van der Waals surface area contributed by atoms with Crippen molar-refractivity contribution in [3.8, 4) is 0 Å². The Morgan fingerprint density at radius 2 is 2.12 bits per heavy atom. The van der Waals surface area contributed by atoms with E-state index in [4.69, 9.17) is 11.1 Å². The number of hydrogen-bond donors (Lipinski definition) is 2. The van der Waals surface area contributed by atoms with Crippen LogP contribution in [0.1, 0.15) is 38.3 Å². The first kappa shape index (κ1) is 13.7. The zero-order chi connectivity index (χ0) is 12.8. The van der Waals surface area contributed by atoms with Gasteiger partial charge < -0.3 is 5.73 Å². The van der Waals surface area contributed by atoms with Crippen LogP contribution in [0.5, 0.6) is 0 Å². The highest BCUT2D eigenvalue weighted by atomic mass is 15.1. The summed E-state index contributed by atoms with van der Waals surface area (Å²) < 4.78 is 0. The Morgan fingerprint density at radius 1 is 1.41 bits per heavy atom. The average molecular weight is 233 g/mol. The van der Waals surface area contributed by atoms with E-state index in [1.807, 2.05) is 18.2 Å². The van der Waals surface area contributed by atoms with Crippen LogP contribution < -0.4 is 5.73 Å². The second-order valence-corrected chi connectivity index (χ2v) is 4.68. The summed E-state index contributed by atoms with van der Waals surface area (Å²) in [6.45, 7) is 8.64. The smallest absolute Gasteiger partial charge is 0.122 e. The average Bonchev–Trinajstić information content (AvgIpc) is 2.28. The topological polar surface area (TPSA) is 53.1 Å². The molecule has 1 aromatic rings.